The number of hydrogen-bond acceptors (Lipinski definition) is 6. The molecule has 3 aliphatic heterocycles. The summed E-state index contributed by atoms with van der Waals surface area (Å²) in [5.74, 6) is 1.50. The van der Waals surface area contributed by atoms with Gasteiger partial charge in [-0.3, -0.25) is 0 Å². The lowest BCUT2D eigenvalue weighted by Gasteiger charge is -2.39. The van der Waals surface area contributed by atoms with Crippen molar-refractivity contribution in [1.82, 2.24) is 14.9 Å². The molecule has 1 aromatic rings. The molecular formula is C19H30N4O2. The molecule has 1 spiro atoms. The Kier molecular flexibility index (Phi) is 5.48. The van der Waals surface area contributed by atoms with E-state index in [-0.39, 0.29) is 11.7 Å². The van der Waals surface area contributed by atoms with Gasteiger partial charge in [-0.1, -0.05) is 0 Å². The SMILES string of the molecule is c1cnc(NC[C@H]2CCC[C@]3(CCN(CC4CCOCC4)C3)O2)nc1. The van der Waals surface area contributed by atoms with Gasteiger partial charge in [0.1, 0.15) is 0 Å². The van der Waals surface area contributed by atoms with E-state index >= 15 is 0 Å². The Hall–Kier alpha value is -1.24. The van der Waals surface area contributed by atoms with Gasteiger partial charge in [0.15, 0.2) is 0 Å². The topological polar surface area (TPSA) is 59.5 Å². The molecule has 0 radical (unpaired) electrons. The van der Waals surface area contributed by atoms with Crippen molar-refractivity contribution in [3.63, 3.8) is 0 Å². The molecule has 25 heavy (non-hydrogen) atoms. The third-order valence-electron chi connectivity index (χ3n) is 5.88. The van der Waals surface area contributed by atoms with Gasteiger partial charge in [0, 0.05) is 51.8 Å². The van der Waals surface area contributed by atoms with Gasteiger partial charge in [-0.05, 0) is 50.5 Å². The Labute approximate surface area is 150 Å². The van der Waals surface area contributed by atoms with Crippen LogP contribution in [0.15, 0.2) is 18.5 Å². The second-order valence-electron chi connectivity index (χ2n) is 7.81. The zero-order valence-corrected chi connectivity index (χ0v) is 15.0. The first kappa shape index (κ1) is 17.2. The maximum absolute atomic E-state index is 6.59. The summed E-state index contributed by atoms with van der Waals surface area (Å²) in [6.45, 7) is 6.17. The lowest BCUT2D eigenvalue weighted by molar-refractivity contribution is -0.115. The number of anilines is 1. The number of likely N-dealkylation sites (tertiary alicyclic amines) is 1. The first-order valence-corrected chi connectivity index (χ1v) is 9.80. The van der Waals surface area contributed by atoms with Crippen LogP contribution in [0.3, 0.4) is 0 Å². The summed E-state index contributed by atoms with van der Waals surface area (Å²) in [5, 5.41) is 3.32. The second-order valence-corrected chi connectivity index (χ2v) is 7.81. The molecule has 0 aromatic carbocycles. The molecule has 0 aliphatic carbocycles. The maximum atomic E-state index is 6.59. The van der Waals surface area contributed by atoms with Gasteiger partial charge < -0.3 is 19.7 Å². The first-order valence-electron chi connectivity index (χ1n) is 9.80. The van der Waals surface area contributed by atoms with E-state index in [0.717, 1.165) is 38.6 Å². The molecule has 4 rings (SSSR count). The zero-order chi connectivity index (χ0) is 17.0. The van der Waals surface area contributed by atoms with Crippen LogP contribution in [0.2, 0.25) is 0 Å². The van der Waals surface area contributed by atoms with Crippen molar-refractivity contribution < 1.29 is 9.47 Å². The molecule has 2 atom stereocenters. The van der Waals surface area contributed by atoms with E-state index in [1.807, 2.05) is 6.07 Å². The van der Waals surface area contributed by atoms with Crippen LogP contribution in [0.1, 0.15) is 38.5 Å². The lowest BCUT2D eigenvalue weighted by Crippen LogP contribution is -2.45. The van der Waals surface area contributed by atoms with E-state index in [4.69, 9.17) is 9.47 Å². The van der Waals surface area contributed by atoms with Crippen LogP contribution in [-0.4, -0.2) is 66.0 Å². The van der Waals surface area contributed by atoms with Crippen molar-refractivity contribution in [2.24, 2.45) is 5.92 Å². The third-order valence-corrected chi connectivity index (χ3v) is 5.88. The summed E-state index contributed by atoms with van der Waals surface area (Å²) >= 11 is 0. The van der Waals surface area contributed by atoms with Crippen molar-refractivity contribution in [3.05, 3.63) is 18.5 Å². The molecule has 6 nitrogen and oxygen atoms in total. The average molecular weight is 346 g/mol. The Morgan fingerprint density at radius 2 is 2.00 bits per heavy atom. The standard InChI is InChI=1S/C19H30N4O2/c1-3-17(13-22-18-20-8-2-9-21-18)25-19(6-1)7-10-23(15-19)14-16-4-11-24-12-5-16/h2,8-9,16-17H,1,3-7,10-15H2,(H,20,21,22)/t17-,19-/m1/s1. The van der Waals surface area contributed by atoms with E-state index < -0.39 is 0 Å². The second kappa shape index (κ2) is 7.98. The van der Waals surface area contributed by atoms with E-state index in [1.54, 1.807) is 12.4 Å². The van der Waals surface area contributed by atoms with Gasteiger partial charge in [-0.15, -0.1) is 0 Å². The van der Waals surface area contributed by atoms with Gasteiger partial charge in [0.05, 0.1) is 11.7 Å². The summed E-state index contributed by atoms with van der Waals surface area (Å²) < 4.78 is 12.1. The van der Waals surface area contributed by atoms with Gasteiger partial charge in [-0.2, -0.15) is 0 Å². The highest BCUT2D eigenvalue weighted by Crippen LogP contribution is 2.37. The van der Waals surface area contributed by atoms with Crippen molar-refractivity contribution >= 4 is 5.95 Å². The maximum Gasteiger partial charge on any atom is 0.222 e. The lowest BCUT2D eigenvalue weighted by atomic mass is 9.90. The quantitative estimate of drug-likeness (QED) is 0.883. The molecule has 0 amide bonds. The van der Waals surface area contributed by atoms with E-state index in [2.05, 4.69) is 20.2 Å². The van der Waals surface area contributed by atoms with E-state index in [9.17, 15) is 0 Å². The molecule has 4 heterocycles. The van der Waals surface area contributed by atoms with Crippen LogP contribution < -0.4 is 5.32 Å². The summed E-state index contributed by atoms with van der Waals surface area (Å²) in [4.78, 5) is 11.1. The van der Waals surface area contributed by atoms with Gasteiger partial charge in [-0.25, -0.2) is 9.97 Å². The minimum Gasteiger partial charge on any atom is -0.381 e. The highest BCUT2D eigenvalue weighted by Gasteiger charge is 2.43. The zero-order valence-electron chi connectivity index (χ0n) is 15.0. The van der Waals surface area contributed by atoms with Crippen LogP contribution in [0.25, 0.3) is 0 Å². The molecule has 138 valence electrons. The number of ether oxygens (including phenoxy) is 2. The van der Waals surface area contributed by atoms with Crippen LogP contribution in [0.5, 0.6) is 0 Å². The molecule has 0 saturated carbocycles. The molecule has 6 heteroatoms. The number of nitrogens with zero attached hydrogens (tertiary/aromatic N) is 3. The fraction of sp³-hybridized carbons (Fsp3) is 0.789. The van der Waals surface area contributed by atoms with Gasteiger partial charge in [0.2, 0.25) is 5.95 Å². The van der Waals surface area contributed by atoms with E-state index in [0.29, 0.717) is 5.95 Å². The number of aromatic nitrogens is 2. The molecule has 3 fully saturated rings. The molecule has 1 N–H and O–H groups in total. The fourth-order valence-electron chi connectivity index (χ4n) is 4.54. The van der Waals surface area contributed by atoms with E-state index in [1.165, 1.54) is 45.2 Å². The average Bonchev–Trinajstić information content (AvgIpc) is 3.03. The Morgan fingerprint density at radius 3 is 2.84 bits per heavy atom. The van der Waals surface area contributed by atoms with Gasteiger partial charge >= 0.3 is 0 Å². The Morgan fingerprint density at radius 1 is 1.16 bits per heavy atom. The number of nitrogens with one attached hydrogen (secondary N) is 1. The van der Waals surface area contributed by atoms with Crippen molar-refractivity contribution in [2.45, 2.75) is 50.2 Å². The normalized spacial score (nSPS) is 31.4. The molecule has 3 saturated heterocycles. The minimum atomic E-state index is 0.0767. The molecule has 0 bridgehead atoms. The first-order chi connectivity index (χ1) is 12.3. The van der Waals surface area contributed by atoms with Crippen LogP contribution in [0, 0.1) is 5.92 Å². The number of hydrogen-bond donors (Lipinski definition) is 1. The smallest absolute Gasteiger partial charge is 0.222 e. The van der Waals surface area contributed by atoms with Crippen LogP contribution >= 0.6 is 0 Å². The summed E-state index contributed by atoms with van der Waals surface area (Å²) in [6, 6.07) is 1.84. The Balaban J connectivity index is 1.27. The third kappa shape index (κ3) is 4.49. The largest absolute Gasteiger partial charge is 0.381 e. The number of rotatable bonds is 5. The van der Waals surface area contributed by atoms with Crippen LogP contribution in [0.4, 0.5) is 5.95 Å². The molecule has 1 aromatic heterocycles. The van der Waals surface area contributed by atoms with Crippen molar-refractivity contribution in [3.8, 4) is 0 Å². The highest BCUT2D eigenvalue weighted by atomic mass is 16.5. The predicted molar refractivity (Wildman–Crippen MR) is 96.6 cm³/mol. The summed E-state index contributed by atoms with van der Waals surface area (Å²) in [5.41, 5.74) is 0.0767. The molecule has 3 aliphatic rings. The fourth-order valence-corrected chi connectivity index (χ4v) is 4.54. The predicted octanol–water partition coefficient (Wildman–Crippen LogP) is 2.33. The van der Waals surface area contributed by atoms with Gasteiger partial charge in [0.25, 0.3) is 0 Å². The minimum absolute atomic E-state index is 0.0767. The monoisotopic (exact) mass is 346 g/mol. The van der Waals surface area contributed by atoms with Crippen molar-refractivity contribution in [2.75, 3.05) is 44.7 Å². The molecular weight excluding hydrogens is 316 g/mol. The van der Waals surface area contributed by atoms with Crippen molar-refractivity contribution in [1.29, 1.82) is 0 Å². The Bertz CT molecular complexity index is 537. The molecule has 0 unspecified atom stereocenters. The van der Waals surface area contributed by atoms with Crippen LogP contribution in [-0.2, 0) is 9.47 Å². The highest BCUT2D eigenvalue weighted by molar-refractivity contribution is 5.22. The summed E-state index contributed by atoms with van der Waals surface area (Å²) in [7, 11) is 0. The summed E-state index contributed by atoms with van der Waals surface area (Å²) in [6.07, 6.45) is 11.0.